The lowest BCUT2D eigenvalue weighted by Crippen LogP contribution is -2.27. The Kier molecular flexibility index (Phi) is 4.36. The van der Waals surface area contributed by atoms with Gasteiger partial charge in [0.25, 0.3) is 0 Å². The third-order valence-electron chi connectivity index (χ3n) is 2.49. The first-order chi connectivity index (χ1) is 8.66. The van der Waals surface area contributed by atoms with Gasteiger partial charge in [-0.2, -0.15) is 0 Å². The molecule has 2 aromatic rings. The van der Waals surface area contributed by atoms with Crippen LogP contribution in [0.2, 0.25) is 4.34 Å². The summed E-state index contributed by atoms with van der Waals surface area (Å²) in [5.74, 6) is -0.885. The summed E-state index contributed by atoms with van der Waals surface area (Å²) in [5.41, 5.74) is 0.743. The molecule has 0 saturated carbocycles. The lowest BCUT2D eigenvalue weighted by molar-refractivity contribution is -0.139. The molecule has 0 amide bonds. The molecule has 1 unspecified atom stereocenters. The van der Waals surface area contributed by atoms with Crippen LogP contribution in [0.15, 0.2) is 42.5 Å². The molecule has 18 heavy (non-hydrogen) atoms. The van der Waals surface area contributed by atoms with Gasteiger partial charge in [0.15, 0.2) is 0 Å². The average Bonchev–Trinajstić information content (AvgIpc) is 2.76. The van der Waals surface area contributed by atoms with Crippen LogP contribution in [0.1, 0.15) is 16.5 Å². The molecule has 1 aromatic heterocycles. The van der Waals surface area contributed by atoms with Crippen molar-refractivity contribution >= 4 is 28.9 Å². The summed E-state index contributed by atoms with van der Waals surface area (Å²) < 4.78 is 0.707. The minimum absolute atomic E-state index is 0.489. The molecule has 2 N–H and O–H groups in total. The van der Waals surface area contributed by atoms with E-state index < -0.39 is 12.0 Å². The Bertz CT molecular complexity index is 527. The third kappa shape index (κ3) is 3.32. The number of halogens is 1. The number of hydrogen-bond donors (Lipinski definition) is 2. The number of carboxylic acid groups (broad SMARTS) is 1. The van der Waals surface area contributed by atoms with Crippen molar-refractivity contribution in [2.45, 2.75) is 12.6 Å². The van der Waals surface area contributed by atoms with Crippen LogP contribution in [-0.4, -0.2) is 11.1 Å². The molecule has 0 spiro atoms. The zero-order valence-corrected chi connectivity index (χ0v) is 11.0. The van der Waals surface area contributed by atoms with Crippen LogP contribution < -0.4 is 5.32 Å². The Labute approximate surface area is 114 Å². The molecule has 0 bridgehead atoms. The highest BCUT2D eigenvalue weighted by Crippen LogP contribution is 2.22. The van der Waals surface area contributed by atoms with Crippen molar-refractivity contribution in [3.05, 3.63) is 57.2 Å². The van der Waals surface area contributed by atoms with Gasteiger partial charge in [-0.3, -0.25) is 10.1 Å². The van der Waals surface area contributed by atoms with Gasteiger partial charge in [0.2, 0.25) is 0 Å². The third-order valence-corrected chi connectivity index (χ3v) is 3.72. The number of rotatable bonds is 5. The lowest BCUT2D eigenvalue weighted by Gasteiger charge is -2.14. The zero-order chi connectivity index (χ0) is 13.0. The van der Waals surface area contributed by atoms with E-state index in [1.165, 1.54) is 11.3 Å². The Hall–Kier alpha value is -1.36. The van der Waals surface area contributed by atoms with Crippen LogP contribution in [0.3, 0.4) is 0 Å². The van der Waals surface area contributed by atoms with Gasteiger partial charge in [-0.15, -0.1) is 11.3 Å². The van der Waals surface area contributed by atoms with E-state index in [1.807, 2.05) is 30.3 Å². The molecule has 1 heterocycles. The summed E-state index contributed by atoms with van der Waals surface area (Å²) >= 11 is 7.28. The molecule has 1 aromatic carbocycles. The molecule has 1 atom stereocenters. The van der Waals surface area contributed by atoms with E-state index in [0.29, 0.717) is 10.9 Å². The first kappa shape index (κ1) is 13.1. The van der Waals surface area contributed by atoms with Gasteiger partial charge in [0.05, 0.1) is 4.34 Å². The van der Waals surface area contributed by atoms with Crippen LogP contribution in [-0.2, 0) is 11.3 Å². The monoisotopic (exact) mass is 281 g/mol. The fraction of sp³-hybridized carbons (Fsp3) is 0.154. The summed E-state index contributed by atoms with van der Waals surface area (Å²) in [6, 6.07) is 12.1. The molecule has 3 nitrogen and oxygen atoms in total. The SMILES string of the molecule is O=C(O)C(NCc1ccc(Cl)s1)c1ccccc1. The minimum Gasteiger partial charge on any atom is -0.480 e. The molecule has 2 rings (SSSR count). The largest absolute Gasteiger partial charge is 0.480 e. The van der Waals surface area contributed by atoms with E-state index in [9.17, 15) is 9.90 Å². The van der Waals surface area contributed by atoms with E-state index in [2.05, 4.69) is 5.32 Å². The minimum atomic E-state index is -0.885. The zero-order valence-electron chi connectivity index (χ0n) is 9.47. The molecule has 5 heteroatoms. The molecule has 0 aliphatic rings. The highest BCUT2D eigenvalue weighted by Gasteiger charge is 2.18. The normalized spacial score (nSPS) is 12.3. The summed E-state index contributed by atoms with van der Waals surface area (Å²) in [4.78, 5) is 12.3. The Morgan fingerprint density at radius 3 is 2.56 bits per heavy atom. The van der Waals surface area contributed by atoms with Gasteiger partial charge < -0.3 is 5.11 Å². The van der Waals surface area contributed by atoms with Gasteiger partial charge in [0, 0.05) is 11.4 Å². The van der Waals surface area contributed by atoms with Gasteiger partial charge >= 0.3 is 5.97 Å². The van der Waals surface area contributed by atoms with E-state index in [0.717, 1.165) is 10.4 Å². The van der Waals surface area contributed by atoms with Crippen LogP contribution in [0, 0.1) is 0 Å². The van der Waals surface area contributed by atoms with E-state index >= 15 is 0 Å². The average molecular weight is 282 g/mol. The maximum absolute atomic E-state index is 11.2. The smallest absolute Gasteiger partial charge is 0.325 e. The lowest BCUT2D eigenvalue weighted by atomic mass is 10.1. The molecule has 0 fully saturated rings. The predicted octanol–water partition coefficient (Wildman–Crippen LogP) is 3.32. The predicted molar refractivity (Wildman–Crippen MR) is 73.0 cm³/mol. The van der Waals surface area contributed by atoms with Gasteiger partial charge in [0.1, 0.15) is 6.04 Å². The topological polar surface area (TPSA) is 49.3 Å². The molecular weight excluding hydrogens is 270 g/mol. The Morgan fingerprint density at radius 1 is 1.28 bits per heavy atom. The molecule has 0 saturated heterocycles. The summed E-state index contributed by atoms with van der Waals surface area (Å²) in [7, 11) is 0. The molecule has 94 valence electrons. The number of carbonyl (C=O) groups is 1. The molecule has 0 aliphatic heterocycles. The van der Waals surface area contributed by atoms with E-state index in [-0.39, 0.29) is 0 Å². The maximum Gasteiger partial charge on any atom is 0.325 e. The van der Waals surface area contributed by atoms with Gasteiger partial charge in [-0.1, -0.05) is 41.9 Å². The van der Waals surface area contributed by atoms with Crippen LogP contribution in [0.5, 0.6) is 0 Å². The molecule has 0 radical (unpaired) electrons. The fourth-order valence-electron chi connectivity index (χ4n) is 1.64. The fourth-order valence-corrected chi connectivity index (χ4v) is 2.68. The van der Waals surface area contributed by atoms with Crippen molar-refractivity contribution in [1.82, 2.24) is 5.32 Å². The first-order valence-electron chi connectivity index (χ1n) is 5.42. The van der Waals surface area contributed by atoms with Gasteiger partial charge in [-0.05, 0) is 17.7 Å². The van der Waals surface area contributed by atoms with Crippen molar-refractivity contribution in [2.75, 3.05) is 0 Å². The first-order valence-corrected chi connectivity index (χ1v) is 6.61. The Morgan fingerprint density at radius 2 is 2.00 bits per heavy atom. The number of aliphatic carboxylic acids is 1. The van der Waals surface area contributed by atoms with Crippen molar-refractivity contribution in [3.63, 3.8) is 0 Å². The summed E-state index contributed by atoms with van der Waals surface area (Å²) in [6.45, 7) is 0.489. The van der Waals surface area contributed by atoms with E-state index in [1.54, 1.807) is 12.1 Å². The van der Waals surface area contributed by atoms with Crippen molar-refractivity contribution < 1.29 is 9.90 Å². The molecule has 0 aliphatic carbocycles. The number of benzene rings is 1. The maximum atomic E-state index is 11.2. The van der Waals surface area contributed by atoms with Crippen molar-refractivity contribution in [3.8, 4) is 0 Å². The molecular formula is C13H12ClNO2S. The van der Waals surface area contributed by atoms with Crippen LogP contribution >= 0.6 is 22.9 Å². The highest BCUT2D eigenvalue weighted by molar-refractivity contribution is 7.16. The standard InChI is InChI=1S/C13H12ClNO2S/c14-11-7-6-10(18-11)8-15-12(13(16)17)9-4-2-1-3-5-9/h1-7,12,15H,8H2,(H,16,17). The van der Waals surface area contributed by atoms with Crippen molar-refractivity contribution in [1.29, 1.82) is 0 Å². The number of carboxylic acids is 1. The second-order valence-corrected chi connectivity index (χ2v) is 5.57. The number of thiophene rings is 1. The van der Waals surface area contributed by atoms with E-state index in [4.69, 9.17) is 11.6 Å². The Balaban J connectivity index is 2.06. The second kappa shape index (κ2) is 6.00. The van der Waals surface area contributed by atoms with Gasteiger partial charge in [-0.25, -0.2) is 0 Å². The quantitative estimate of drug-likeness (QED) is 0.884. The summed E-state index contributed by atoms with van der Waals surface area (Å²) in [5, 5.41) is 12.2. The van der Waals surface area contributed by atoms with Crippen molar-refractivity contribution in [2.24, 2.45) is 0 Å². The summed E-state index contributed by atoms with van der Waals surface area (Å²) in [6.07, 6.45) is 0. The number of hydrogen-bond acceptors (Lipinski definition) is 3. The second-order valence-electron chi connectivity index (χ2n) is 3.77. The number of nitrogens with one attached hydrogen (secondary N) is 1. The van der Waals surface area contributed by atoms with Crippen LogP contribution in [0.25, 0.3) is 0 Å². The highest BCUT2D eigenvalue weighted by atomic mass is 35.5. The van der Waals surface area contributed by atoms with Crippen LogP contribution in [0.4, 0.5) is 0 Å².